The zero-order chi connectivity index (χ0) is 8.41. The summed E-state index contributed by atoms with van der Waals surface area (Å²) in [5, 5.41) is 0. The van der Waals surface area contributed by atoms with E-state index in [4.69, 9.17) is 4.55 Å². The van der Waals surface area contributed by atoms with Crippen LogP contribution in [0.15, 0.2) is 0 Å². The predicted molar refractivity (Wildman–Crippen MR) is 40.7 cm³/mol. The van der Waals surface area contributed by atoms with Crippen LogP contribution < -0.4 is 0 Å². The normalized spacial score (nSPS) is 13.5. The molecule has 0 aliphatic heterocycles. The van der Waals surface area contributed by atoms with Gasteiger partial charge in [-0.25, -0.2) is 0 Å². The minimum atomic E-state index is -3.93. The van der Waals surface area contributed by atoms with E-state index in [0.29, 0.717) is 0 Å². The van der Waals surface area contributed by atoms with Crippen LogP contribution in [0.3, 0.4) is 0 Å². The van der Waals surface area contributed by atoms with Crippen LogP contribution >= 0.6 is 7.14 Å². The minimum Gasteiger partial charge on any atom is -0.324 e. The molecule has 10 heavy (non-hydrogen) atoms. The average molecular weight is 186 g/mol. The van der Waals surface area contributed by atoms with Crippen molar-refractivity contribution in [2.24, 2.45) is 0 Å². The van der Waals surface area contributed by atoms with Crippen LogP contribution in [0.4, 0.5) is 0 Å². The van der Waals surface area contributed by atoms with Crippen molar-refractivity contribution in [3.63, 3.8) is 0 Å². The van der Waals surface area contributed by atoms with Crippen molar-refractivity contribution in [3.05, 3.63) is 0 Å². The molecule has 0 fully saturated rings. The summed E-state index contributed by atoms with van der Waals surface area (Å²) in [5.41, 5.74) is 0. The fourth-order valence-electron chi connectivity index (χ4n) is 0.335. The highest BCUT2D eigenvalue weighted by molar-refractivity contribution is 7.86. The van der Waals surface area contributed by atoms with Gasteiger partial charge in [-0.1, -0.05) is 0 Å². The van der Waals surface area contributed by atoms with Gasteiger partial charge in [-0.15, -0.1) is 0 Å². The van der Waals surface area contributed by atoms with Crippen LogP contribution in [0.1, 0.15) is 0 Å². The quantitative estimate of drug-likeness (QED) is 0.514. The second-order valence-electron chi connectivity index (χ2n) is 2.58. The van der Waals surface area contributed by atoms with Crippen LogP contribution in [0.2, 0.25) is 0 Å². The first-order valence-corrected chi connectivity index (χ1v) is 7.09. The largest absolute Gasteiger partial charge is 0.324 e. The summed E-state index contributed by atoms with van der Waals surface area (Å²) in [6.45, 7) is 2.97. The molecule has 0 aromatic heterocycles. The average Bonchev–Trinajstić information content (AvgIpc) is 1.57. The molecular formula is C4H11O4PS. The summed E-state index contributed by atoms with van der Waals surface area (Å²) in [6, 6.07) is 0. The lowest BCUT2D eigenvalue weighted by Crippen LogP contribution is -2.07. The molecule has 0 aliphatic rings. The van der Waals surface area contributed by atoms with Crippen molar-refractivity contribution >= 4 is 17.3 Å². The Morgan fingerprint density at radius 1 is 1.40 bits per heavy atom. The molecule has 4 nitrogen and oxygen atoms in total. The van der Waals surface area contributed by atoms with Crippen molar-refractivity contribution in [2.75, 3.05) is 25.2 Å². The van der Waals surface area contributed by atoms with Crippen LogP contribution in [-0.2, 0) is 14.7 Å². The molecule has 0 heterocycles. The van der Waals surface area contributed by atoms with Crippen LogP contribution in [-0.4, -0.2) is 38.2 Å². The van der Waals surface area contributed by atoms with Crippen molar-refractivity contribution < 1.29 is 17.5 Å². The van der Waals surface area contributed by atoms with Gasteiger partial charge >= 0.3 is 0 Å². The molecule has 0 unspecified atom stereocenters. The second kappa shape index (κ2) is 3.03. The third-order valence-electron chi connectivity index (χ3n) is 0.888. The lowest BCUT2D eigenvalue weighted by atomic mass is 11.0. The van der Waals surface area contributed by atoms with Gasteiger partial charge in [0.15, 0.2) is 0 Å². The number of hydrogen-bond donors (Lipinski definition) is 1. The molecular weight excluding hydrogens is 175 g/mol. The second-order valence-corrected chi connectivity index (χ2v) is 7.75. The Hall–Kier alpha value is 0.140. The van der Waals surface area contributed by atoms with Gasteiger partial charge in [-0.05, 0) is 13.3 Å². The first kappa shape index (κ1) is 10.1. The van der Waals surface area contributed by atoms with Crippen molar-refractivity contribution in [1.82, 2.24) is 0 Å². The Morgan fingerprint density at radius 2 is 1.80 bits per heavy atom. The molecule has 0 atom stereocenters. The van der Waals surface area contributed by atoms with Crippen molar-refractivity contribution in [1.29, 1.82) is 0 Å². The summed E-state index contributed by atoms with van der Waals surface area (Å²) in [7, 11) is -6.23. The molecule has 0 radical (unpaired) electrons. The van der Waals surface area contributed by atoms with Gasteiger partial charge < -0.3 is 4.57 Å². The minimum absolute atomic E-state index is 0.0475. The van der Waals surface area contributed by atoms with E-state index in [1.807, 2.05) is 0 Å². The summed E-state index contributed by atoms with van der Waals surface area (Å²) < 4.78 is 39.3. The Kier molecular flexibility index (Phi) is 3.07. The molecule has 0 rings (SSSR count). The molecule has 0 saturated heterocycles. The molecule has 0 amide bonds. The van der Waals surface area contributed by atoms with Gasteiger partial charge in [-0.2, -0.15) is 8.42 Å². The first-order chi connectivity index (χ1) is 4.21. The highest BCUT2D eigenvalue weighted by atomic mass is 32.2. The van der Waals surface area contributed by atoms with Crippen LogP contribution in [0.5, 0.6) is 0 Å². The van der Waals surface area contributed by atoms with Crippen LogP contribution in [0, 0.1) is 0 Å². The van der Waals surface area contributed by atoms with E-state index >= 15 is 0 Å². The summed E-state index contributed by atoms with van der Waals surface area (Å²) in [5.74, 6) is -0.405. The topological polar surface area (TPSA) is 71.4 Å². The first-order valence-electron chi connectivity index (χ1n) is 2.70. The van der Waals surface area contributed by atoms with E-state index < -0.39 is 23.0 Å². The summed E-state index contributed by atoms with van der Waals surface area (Å²) >= 11 is 0. The van der Waals surface area contributed by atoms with Gasteiger partial charge in [0.2, 0.25) is 0 Å². The lowest BCUT2D eigenvalue weighted by Gasteiger charge is -2.02. The predicted octanol–water partition coefficient (Wildman–Crippen LogP) is 0.497. The van der Waals surface area contributed by atoms with Crippen molar-refractivity contribution in [2.45, 2.75) is 0 Å². The molecule has 0 saturated carbocycles. The van der Waals surface area contributed by atoms with Gasteiger partial charge in [0, 0.05) is 6.16 Å². The third kappa shape index (κ3) is 8.14. The third-order valence-corrected chi connectivity index (χ3v) is 3.21. The van der Waals surface area contributed by atoms with E-state index in [1.54, 1.807) is 0 Å². The van der Waals surface area contributed by atoms with E-state index in [2.05, 4.69) is 0 Å². The Bertz CT molecular complexity index is 236. The van der Waals surface area contributed by atoms with E-state index in [1.165, 1.54) is 13.3 Å². The highest BCUT2D eigenvalue weighted by Gasteiger charge is 2.12. The zero-order valence-electron chi connectivity index (χ0n) is 5.94. The summed E-state index contributed by atoms with van der Waals surface area (Å²) in [4.78, 5) is 0. The standard InChI is InChI=1S/C4H11O4PS/c1-9(2,5)3-4-10(6,7)8/h3-4H2,1-2H3,(H,6,7,8). The smallest absolute Gasteiger partial charge is 0.265 e. The Labute approximate surface area is 60.8 Å². The fourth-order valence-corrected chi connectivity index (χ4v) is 3.02. The molecule has 0 aromatic rings. The van der Waals surface area contributed by atoms with Crippen molar-refractivity contribution in [3.8, 4) is 0 Å². The summed E-state index contributed by atoms with van der Waals surface area (Å²) in [6.07, 6.45) is 0.0475. The monoisotopic (exact) mass is 186 g/mol. The highest BCUT2D eigenvalue weighted by Crippen LogP contribution is 2.35. The molecule has 62 valence electrons. The van der Waals surface area contributed by atoms with E-state index in [9.17, 15) is 13.0 Å². The van der Waals surface area contributed by atoms with Gasteiger partial charge in [0.1, 0.15) is 0 Å². The molecule has 0 aromatic carbocycles. The molecule has 6 heteroatoms. The maximum absolute atomic E-state index is 10.9. The Balaban J connectivity index is 3.92. The fraction of sp³-hybridized carbons (Fsp3) is 1.00. The number of hydrogen-bond acceptors (Lipinski definition) is 3. The molecule has 0 aliphatic carbocycles. The molecule has 0 spiro atoms. The van der Waals surface area contributed by atoms with Crippen LogP contribution in [0.25, 0.3) is 0 Å². The maximum atomic E-state index is 10.9. The Morgan fingerprint density at radius 3 is 1.90 bits per heavy atom. The maximum Gasteiger partial charge on any atom is 0.265 e. The van der Waals surface area contributed by atoms with E-state index in [0.717, 1.165) is 0 Å². The van der Waals surface area contributed by atoms with E-state index in [-0.39, 0.29) is 6.16 Å². The van der Waals surface area contributed by atoms with Gasteiger partial charge in [-0.3, -0.25) is 4.55 Å². The van der Waals surface area contributed by atoms with Gasteiger partial charge in [0.25, 0.3) is 10.1 Å². The zero-order valence-corrected chi connectivity index (χ0v) is 7.65. The number of rotatable bonds is 3. The SMILES string of the molecule is CP(C)(=O)CCS(=O)(=O)O. The lowest BCUT2D eigenvalue weighted by molar-refractivity contribution is 0.484. The molecule has 0 bridgehead atoms. The molecule has 1 N–H and O–H groups in total. The van der Waals surface area contributed by atoms with Gasteiger partial charge in [0.05, 0.1) is 12.9 Å².